The summed E-state index contributed by atoms with van der Waals surface area (Å²) >= 11 is 10.2. The summed E-state index contributed by atoms with van der Waals surface area (Å²) in [5, 5.41) is 8.54. The standard InChI is InChI=1S/C22H19BrN3OS4/c1-3-26-19(11-18-25(7-9-29-18)12-14-6-8-28-13-14)31-20(21(26)27)22-24(2)16-5-4-15(23)10-17(16)30-22/h4-11,13H,3,12H2,1-2H3/q+1/b22-20+. The molecule has 5 rings (SSSR count). The maximum atomic E-state index is 13.3. The number of anilines is 1. The number of thioether (sulfide) groups is 1. The second kappa shape index (κ2) is 8.71. The van der Waals surface area contributed by atoms with E-state index in [4.69, 9.17) is 0 Å². The molecule has 0 saturated heterocycles. The summed E-state index contributed by atoms with van der Waals surface area (Å²) in [4.78, 5) is 16.6. The van der Waals surface area contributed by atoms with E-state index in [-0.39, 0.29) is 5.56 Å². The van der Waals surface area contributed by atoms with Gasteiger partial charge in [0.2, 0.25) is 0 Å². The lowest BCUT2D eigenvalue weighted by Crippen LogP contribution is -2.36. The average molecular weight is 550 g/mol. The summed E-state index contributed by atoms with van der Waals surface area (Å²) in [6.45, 7) is 3.52. The number of aromatic nitrogens is 2. The Balaban J connectivity index is 1.63. The van der Waals surface area contributed by atoms with Crippen molar-refractivity contribution in [2.24, 2.45) is 0 Å². The molecule has 4 nitrogen and oxygen atoms in total. The van der Waals surface area contributed by atoms with Gasteiger partial charge in [0, 0.05) is 33.9 Å². The summed E-state index contributed by atoms with van der Waals surface area (Å²) in [6.07, 6.45) is 4.26. The molecule has 0 spiro atoms. The predicted octanol–water partition coefficient (Wildman–Crippen LogP) is 4.29. The van der Waals surface area contributed by atoms with Gasteiger partial charge in [0.1, 0.15) is 14.2 Å². The van der Waals surface area contributed by atoms with Gasteiger partial charge in [-0.1, -0.05) is 39.0 Å². The van der Waals surface area contributed by atoms with E-state index in [1.165, 1.54) is 10.5 Å². The highest BCUT2D eigenvalue weighted by Crippen LogP contribution is 2.46. The highest BCUT2D eigenvalue weighted by molar-refractivity contribution is 9.10. The van der Waals surface area contributed by atoms with Crippen LogP contribution >= 0.6 is 61.7 Å². The van der Waals surface area contributed by atoms with E-state index in [0.29, 0.717) is 6.54 Å². The summed E-state index contributed by atoms with van der Waals surface area (Å²) in [5.41, 5.74) is 2.52. The quantitative estimate of drug-likeness (QED) is 0.356. The molecule has 158 valence electrons. The van der Waals surface area contributed by atoms with Crippen LogP contribution < -0.4 is 24.2 Å². The van der Waals surface area contributed by atoms with Crippen LogP contribution in [0.2, 0.25) is 0 Å². The normalized spacial score (nSPS) is 15.7. The van der Waals surface area contributed by atoms with Crippen LogP contribution in [0, 0.1) is 0 Å². The molecular formula is C22H19BrN3OS4+. The van der Waals surface area contributed by atoms with E-state index < -0.39 is 0 Å². The zero-order chi connectivity index (χ0) is 21.5. The molecule has 4 heterocycles. The minimum atomic E-state index is 0.0842. The summed E-state index contributed by atoms with van der Waals surface area (Å²) < 4.78 is 6.96. The van der Waals surface area contributed by atoms with E-state index >= 15 is 0 Å². The van der Waals surface area contributed by atoms with Gasteiger partial charge in [-0.25, -0.2) is 0 Å². The zero-order valence-corrected chi connectivity index (χ0v) is 21.7. The fourth-order valence-corrected chi connectivity index (χ4v) is 8.07. The van der Waals surface area contributed by atoms with Crippen molar-refractivity contribution in [1.29, 1.82) is 0 Å². The predicted molar refractivity (Wildman–Crippen MR) is 137 cm³/mol. The van der Waals surface area contributed by atoms with Crippen molar-refractivity contribution in [3.05, 3.63) is 81.2 Å². The van der Waals surface area contributed by atoms with Gasteiger partial charge < -0.3 is 4.90 Å². The molecule has 9 heteroatoms. The number of halogens is 1. The number of fused-ring (bicyclic) bond motifs is 1. The Labute approximate surface area is 204 Å². The van der Waals surface area contributed by atoms with Gasteiger partial charge in [0.25, 0.3) is 10.6 Å². The van der Waals surface area contributed by atoms with Gasteiger partial charge >= 0.3 is 0 Å². The van der Waals surface area contributed by atoms with Crippen LogP contribution in [0.15, 0.2) is 60.8 Å². The number of rotatable bonds is 4. The second-order valence-electron chi connectivity index (χ2n) is 7.04. The highest BCUT2D eigenvalue weighted by Gasteiger charge is 2.25. The molecule has 0 saturated carbocycles. The monoisotopic (exact) mass is 548 g/mol. The lowest BCUT2D eigenvalue weighted by molar-refractivity contribution is -0.685. The molecule has 0 unspecified atom stereocenters. The molecule has 0 radical (unpaired) electrons. The first kappa shape index (κ1) is 21.2. The largest absolute Gasteiger partial charge is 0.337 e. The van der Waals surface area contributed by atoms with Gasteiger partial charge in [-0.2, -0.15) is 15.9 Å². The van der Waals surface area contributed by atoms with Gasteiger partial charge in [-0.3, -0.25) is 9.36 Å². The molecule has 1 aliphatic rings. The van der Waals surface area contributed by atoms with Crippen LogP contribution in [-0.4, -0.2) is 11.6 Å². The van der Waals surface area contributed by atoms with Crippen LogP contribution in [0.3, 0.4) is 0 Å². The van der Waals surface area contributed by atoms with E-state index in [0.717, 1.165) is 35.9 Å². The van der Waals surface area contributed by atoms with Crippen molar-refractivity contribution in [3.63, 3.8) is 0 Å². The van der Waals surface area contributed by atoms with Crippen LogP contribution in [-0.2, 0) is 13.1 Å². The maximum absolute atomic E-state index is 13.3. The molecule has 1 aromatic carbocycles. The Morgan fingerprint density at radius 2 is 2.10 bits per heavy atom. The molecule has 0 fully saturated rings. The number of hydrogen-bond acceptors (Lipinski definition) is 6. The van der Waals surface area contributed by atoms with E-state index in [9.17, 15) is 4.79 Å². The third-order valence-corrected chi connectivity index (χ3v) is 9.65. The molecule has 0 aliphatic carbocycles. The van der Waals surface area contributed by atoms with Crippen LogP contribution in [0.5, 0.6) is 0 Å². The minimum absolute atomic E-state index is 0.0842. The molecule has 4 aromatic rings. The molecule has 0 atom stereocenters. The van der Waals surface area contributed by atoms with Crippen molar-refractivity contribution in [2.45, 2.75) is 24.9 Å². The molecule has 31 heavy (non-hydrogen) atoms. The van der Waals surface area contributed by atoms with E-state index in [1.54, 1.807) is 45.8 Å². The lowest BCUT2D eigenvalue weighted by Gasteiger charge is -2.12. The number of nitrogens with zero attached hydrogens (tertiary/aromatic N) is 3. The first-order valence-electron chi connectivity index (χ1n) is 9.70. The van der Waals surface area contributed by atoms with Gasteiger partial charge in [-0.05, 0) is 36.6 Å². The van der Waals surface area contributed by atoms with Crippen molar-refractivity contribution in [1.82, 2.24) is 4.57 Å². The molecule has 0 N–H and O–H groups in total. The van der Waals surface area contributed by atoms with E-state index in [1.807, 2.05) is 24.6 Å². The maximum Gasteiger partial charge on any atom is 0.271 e. The molecular weight excluding hydrogens is 530 g/mol. The lowest BCUT2D eigenvalue weighted by atomic mass is 10.3. The number of thiazole rings is 2. The van der Waals surface area contributed by atoms with Crippen molar-refractivity contribution in [2.75, 3.05) is 11.9 Å². The van der Waals surface area contributed by atoms with Gasteiger partial charge in [-0.15, -0.1) is 11.3 Å². The number of hydrogen-bond donors (Lipinski definition) is 0. The third kappa shape index (κ3) is 3.98. The molecule has 3 aromatic heterocycles. The first-order valence-corrected chi connectivity index (χ1v) is 13.9. The van der Waals surface area contributed by atoms with Crippen LogP contribution in [0.1, 0.15) is 17.5 Å². The Bertz CT molecular complexity index is 1430. The Kier molecular flexibility index (Phi) is 5.96. The minimum Gasteiger partial charge on any atom is -0.337 e. The molecule has 0 amide bonds. The zero-order valence-electron chi connectivity index (χ0n) is 16.9. The average Bonchev–Trinajstić information content (AvgIpc) is 3.52. The smallest absolute Gasteiger partial charge is 0.271 e. The molecule has 1 aliphatic heterocycles. The molecule has 0 bridgehead atoms. The summed E-state index contributed by atoms with van der Waals surface area (Å²) in [7, 11) is 2.04. The fraction of sp³-hybridized carbons (Fsp3) is 0.182. The van der Waals surface area contributed by atoms with E-state index in [2.05, 4.69) is 72.0 Å². The SMILES string of the molecule is CCn1c(=O)/c(=C2\Sc3cc(Br)ccc3N2C)s/c1=C\c1scc[n+]1Cc1ccsc1. The number of benzene rings is 1. The van der Waals surface area contributed by atoms with Crippen molar-refractivity contribution < 1.29 is 4.57 Å². The topological polar surface area (TPSA) is 29.1 Å². The van der Waals surface area contributed by atoms with Crippen LogP contribution in [0.25, 0.3) is 11.1 Å². The fourth-order valence-electron chi connectivity index (χ4n) is 3.54. The third-order valence-electron chi connectivity index (χ3n) is 5.11. The highest BCUT2D eigenvalue weighted by atomic mass is 79.9. The van der Waals surface area contributed by atoms with Crippen molar-refractivity contribution >= 4 is 78.5 Å². The van der Waals surface area contributed by atoms with Gasteiger partial charge in [0.05, 0.1) is 17.1 Å². The van der Waals surface area contributed by atoms with Gasteiger partial charge in [0.15, 0.2) is 12.7 Å². The first-order chi connectivity index (χ1) is 15.0. The summed E-state index contributed by atoms with van der Waals surface area (Å²) in [5.74, 6) is 0. The Morgan fingerprint density at radius 1 is 1.23 bits per heavy atom. The number of thiophene rings is 1. The Hall–Kier alpha value is -1.65. The van der Waals surface area contributed by atoms with Crippen molar-refractivity contribution in [3.8, 4) is 0 Å². The Morgan fingerprint density at radius 3 is 2.87 bits per heavy atom. The second-order valence-corrected chi connectivity index (χ2v) is 11.7. The van der Waals surface area contributed by atoms with Crippen LogP contribution in [0.4, 0.5) is 5.69 Å². The summed E-state index contributed by atoms with van der Waals surface area (Å²) in [6, 6.07) is 8.41.